The monoisotopic (exact) mass is 378 g/mol. The van der Waals surface area contributed by atoms with E-state index in [1.165, 1.54) is 0 Å². The fourth-order valence-corrected chi connectivity index (χ4v) is 2.58. The van der Waals surface area contributed by atoms with Gasteiger partial charge in [-0.1, -0.05) is 12.1 Å². The molecule has 0 aliphatic carbocycles. The van der Waals surface area contributed by atoms with Crippen molar-refractivity contribution in [3.05, 3.63) is 65.9 Å². The number of hydrogen-bond acceptors (Lipinski definition) is 5. The number of para-hydroxylation sites is 1. The van der Waals surface area contributed by atoms with Crippen molar-refractivity contribution < 1.29 is 14.3 Å². The number of hydrogen-bond donors (Lipinski definition) is 2. The average molecular weight is 378 g/mol. The van der Waals surface area contributed by atoms with Crippen molar-refractivity contribution in [2.24, 2.45) is 5.10 Å². The molecule has 0 saturated heterocycles. The van der Waals surface area contributed by atoms with E-state index in [1.54, 1.807) is 12.3 Å². The summed E-state index contributed by atoms with van der Waals surface area (Å²) >= 11 is 0. The molecular weight excluding hydrogens is 356 g/mol. The molecular formula is C21H22N4O3. The quantitative estimate of drug-likeness (QED) is 0.463. The maximum atomic E-state index is 12.3. The van der Waals surface area contributed by atoms with Crippen LogP contribution in [0.15, 0.2) is 59.7 Å². The molecule has 3 rings (SSSR count). The van der Waals surface area contributed by atoms with E-state index in [-0.39, 0.29) is 5.91 Å². The smallest absolute Gasteiger partial charge is 0.289 e. The summed E-state index contributed by atoms with van der Waals surface area (Å²) in [5, 5.41) is 10.9. The van der Waals surface area contributed by atoms with Gasteiger partial charge in [-0.25, -0.2) is 5.43 Å². The summed E-state index contributed by atoms with van der Waals surface area (Å²) in [5.74, 6) is 1.13. The fraction of sp³-hybridized carbons (Fsp3) is 0.190. The molecule has 28 heavy (non-hydrogen) atoms. The topological polar surface area (TPSA) is 88.6 Å². The van der Waals surface area contributed by atoms with Gasteiger partial charge in [0.05, 0.1) is 25.1 Å². The van der Waals surface area contributed by atoms with Gasteiger partial charge in [-0.3, -0.25) is 9.89 Å². The number of aromatic nitrogens is 2. The standard InChI is InChI=1S/C21H22N4O3/c1-3-27-16-11-9-15(10-12-16)14-22-25-21(26)19-13-18(23-24-19)17-7-5-6-8-20(17)28-4-2/h5-14H,3-4H2,1-2H3,(H,23,24)(H,25,26)/b22-14+. The number of carbonyl (C=O) groups is 1. The van der Waals surface area contributed by atoms with Crippen molar-refractivity contribution in [1.82, 2.24) is 15.6 Å². The van der Waals surface area contributed by atoms with Crippen LogP contribution < -0.4 is 14.9 Å². The molecule has 7 heteroatoms. The highest BCUT2D eigenvalue weighted by atomic mass is 16.5. The molecule has 1 aromatic heterocycles. The highest BCUT2D eigenvalue weighted by molar-refractivity contribution is 5.94. The van der Waals surface area contributed by atoms with Crippen LogP contribution in [0, 0.1) is 0 Å². The Morgan fingerprint density at radius 2 is 1.86 bits per heavy atom. The fourth-order valence-electron chi connectivity index (χ4n) is 2.58. The first-order valence-electron chi connectivity index (χ1n) is 9.05. The summed E-state index contributed by atoms with van der Waals surface area (Å²) in [7, 11) is 0. The second-order valence-corrected chi connectivity index (χ2v) is 5.80. The predicted molar refractivity (Wildman–Crippen MR) is 108 cm³/mol. The summed E-state index contributed by atoms with van der Waals surface area (Å²) in [4.78, 5) is 12.3. The molecule has 3 aromatic rings. The van der Waals surface area contributed by atoms with Crippen molar-refractivity contribution in [2.75, 3.05) is 13.2 Å². The van der Waals surface area contributed by atoms with Crippen molar-refractivity contribution in [1.29, 1.82) is 0 Å². The molecule has 0 fully saturated rings. The van der Waals surface area contributed by atoms with Crippen LogP contribution in [0.3, 0.4) is 0 Å². The zero-order valence-electron chi connectivity index (χ0n) is 15.8. The van der Waals surface area contributed by atoms with E-state index in [2.05, 4.69) is 20.7 Å². The molecule has 0 bridgehead atoms. The van der Waals surface area contributed by atoms with Gasteiger partial charge in [0.15, 0.2) is 0 Å². The van der Waals surface area contributed by atoms with E-state index in [0.717, 1.165) is 22.6 Å². The highest BCUT2D eigenvalue weighted by Crippen LogP contribution is 2.28. The number of nitrogens with zero attached hydrogens (tertiary/aromatic N) is 2. The van der Waals surface area contributed by atoms with Gasteiger partial charge in [0.25, 0.3) is 5.91 Å². The average Bonchev–Trinajstić information content (AvgIpc) is 3.20. The molecule has 0 spiro atoms. The molecule has 0 saturated carbocycles. The maximum Gasteiger partial charge on any atom is 0.289 e. The third kappa shape index (κ3) is 4.76. The number of carbonyl (C=O) groups excluding carboxylic acids is 1. The number of hydrazone groups is 1. The van der Waals surface area contributed by atoms with Gasteiger partial charge in [-0.2, -0.15) is 10.2 Å². The van der Waals surface area contributed by atoms with Crippen molar-refractivity contribution in [3.8, 4) is 22.8 Å². The lowest BCUT2D eigenvalue weighted by Crippen LogP contribution is -2.17. The first kappa shape index (κ1) is 19.2. The normalized spacial score (nSPS) is 10.8. The Morgan fingerprint density at radius 3 is 2.61 bits per heavy atom. The number of rotatable bonds is 8. The van der Waals surface area contributed by atoms with Crippen LogP contribution in [0.25, 0.3) is 11.3 Å². The van der Waals surface area contributed by atoms with E-state index in [1.807, 2.05) is 62.4 Å². The van der Waals surface area contributed by atoms with Crippen molar-refractivity contribution in [2.45, 2.75) is 13.8 Å². The van der Waals surface area contributed by atoms with Gasteiger partial charge in [-0.05, 0) is 61.9 Å². The molecule has 1 heterocycles. The van der Waals surface area contributed by atoms with Gasteiger partial charge in [0.2, 0.25) is 0 Å². The third-order valence-corrected chi connectivity index (χ3v) is 3.86. The molecule has 0 radical (unpaired) electrons. The largest absolute Gasteiger partial charge is 0.494 e. The molecule has 7 nitrogen and oxygen atoms in total. The van der Waals surface area contributed by atoms with Crippen molar-refractivity contribution >= 4 is 12.1 Å². The van der Waals surface area contributed by atoms with E-state index in [0.29, 0.717) is 24.6 Å². The lowest BCUT2D eigenvalue weighted by Gasteiger charge is -2.07. The first-order valence-corrected chi connectivity index (χ1v) is 9.05. The minimum absolute atomic E-state index is 0.310. The highest BCUT2D eigenvalue weighted by Gasteiger charge is 2.13. The Labute approximate surface area is 163 Å². The summed E-state index contributed by atoms with van der Waals surface area (Å²) in [6.07, 6.45) is 1.56. The van der Waals surface area contributed by atoms with Crippen LogP contribution in [0.4, 0.5) is 0 Å². The number of H-pyrrole nitrogens is 1. The number of aromatic amines is 1. The molecule has 0 aliphatic heterocycles. The van der Waals surface area contributed by atoms with Crippen LogP contribution in [-0.4, -0.2) is 35.5 Å². The molecule has 2 N–H and O–H groups in total. The van der Waals surface area contributed by atoms with Crippen LogP contribution in [-0.2, 0) is 0 Å². The van der Waals surface area contributed by atoms with E-state index in [4.69, 9.17) is 9.47 Å². The van der Waals surface area contributed by atoms with Crippen LogP contribution in [0.2, 0.25) is 0 Å². The van der Waals surface area contributed by atoms with Gasteiger partial charge in [0, 0.05) is 5.56 Å². The molecule has 0 aliphatic rings. The zero-order valence-corrected chi connectivity index (χ0v) is 15.8. The lowest BCUT2D eigenvalue weighted by atomic mass is 10.1. The zero-order chi connectivity index (χ0) is 19.8. The summed E-state index contributed by atoms with van der Waals surface area (Å²) in [6.45, 7) is 5.02. The first-order chi connectivity index (χ1) is 13.7. The van der Waals surface area contributed by atoms with Gasteiger partial charge in [-0.15, -0.1) is 0 Å². The van der Waals surface area contributed by atoms with E-state index >= 15 is 0 Å². The second-order valence-electron chi connectivity index (χ2n) is 5.80. The van der Waals surface area contributed by atoms with Crippen LogP contribution >= 0.6 is 0 Å². The number of nitrogens with one attached hydrogen (secondary N) is 2. The van der Waals surface area contributed by atoms with Gasteiger partial charge >= 0.3 is 0 Å². The molecule has 2 aromatic carbocycles. The van der Waals surface area contributed by atoms with Gasteiger partial charge in [0.1, 0.15) is 17.2 Å². The Bertz CT molecular complexity index is 948. The lowest BCUT2D eigenvalue weighted by molar-refractivity contribution is 0.0950. The Hall–Kier alpha value is -3.61. The minimum atomic E-state index is -0.380. The summed E-state index contributed by atoms with van der Waals surface area (Å²) in [6, 6.07) is 16.6. The van der Waals surface area contributed by atoms with Gasteiger partial charge < -0.3 is 9.47 Å². The molecule has 1 amide bonds. The van der Waals surface area contributed by atoms with Crippen LogP contribution in [0.1, 0.15) is 29.9 Å². The Balaban J connectivity index is 1.64. The number of benzene rings is 2. The Morgan fingerprint density at radius 1 is 1.11 bits per heavy atom. The minimum Gasteiger partial charge on any atom is -0.494 e. The summed E-state index contributed by atoms with van der Waals surface area (Å²) < 4.78 is 11.0. The molecule has 0 atom stereocenters. The SMILES string of the molecule is CCOc1ccc(/C=N/NC(=O)c2cc(-c3ccccc3OCC)n[nH]2)cc1. The Kier molecular flexibility index (Phi) is 6.41. The molecule has 0 unspecified atom stereocenters. The number of amides is 1. The molecule has 144 valence electrons. The van der Waals surface area contributed by atoms with Crippen LogP contribution in [0.5, 0.6) is 11.5 Å². The predicted octanol–water partition coefficient (Wildman–Crippen LogP) is 3.64. The van der Waals surface area contributed by atoms with E-state index in [9.17, 15) is 4.79 Å². The second kappa shape index (κ2) is 9.36. The van der Waals surface area contributed by atoms with Crippen molar-refractivity contribution in [3.63, 3.8) is 0 Å². The third-order valence-electron chi connectivity index (χ3n) is 3.86. The summed E-state index contributed by atoms with van der Waals surface area (Å²) in [5.41, 5.74) is 5.09. The maximum absolute atomic E-state index is 12.3. The number of ether oxygens (including phenoxy) is 2. The van der Waals surface area contributed by atoms with E-state index < -0.39 is 0 Å².